The smallest absolute Gasteiger partial charge is 0.251 e. The van der Waals surface area contributed by atoms with Crippen molar-refractivity contribution in [3.63, 3.8) is 0 Å². The number of ether oxygens (including phenoxy) is 1. The van der Waals surface area contributed by atoms with Gasteiger partial charge in [0.1, 0.15) is 0 Å². The molecule has 0 aliphatic carbocycles. The van der Waals surface area contributed by atoms with Crippen LogP contribution in [0.5, 0.6) is 0 Å². The maximum Gasteiger partial charge on any atom is 0.251 e. The molecule has 1 atom stereocenters. The van der Waals surface area contributed by atoms with E-state index in [4.69, 9.17) is 4.74 Å². The SMILES string of the molecule is COCC(C)NC(=O)c1ccccc1CCc1ccccc1. The number of aryl methyl sites for hydroxylation is 2. The Balaban J connectivity index is 2.04. The van der Waals surface area contributed by atoms with Crippen molar-refractivity contribution in [3.8, 4) is 0 Å². The molecular formula is C19H23NO2. The topological polar surface area (TPSA) is 38.3 Å². The van der Waals surface area contributed by atoms with Crippen molar-refractivity contribution in [2.24, 2.45) is 0 Å². The summed E-state index contributed by atoms with van der Waals surface area (Å²) in [6.07, 6.45) is 1.78. The number of rotatable bonds is 7. The average molecular weight is 297 g/mol. The van der Waals surface area contributed by atoms with E-state index < -0.39 is 0 Å². The third kappa shape index (κ3) is 4.71. The highest BCUT2D eigenvalue weighted by Crippen LogP contribution is 2.13. The van der Waals surface area contributed by atoms with Crippen LogP contribution in [0, 0.1) is 0 Å². The molecule has 2 aromatic rings. The quantitative estimate of drug-likeness (QED) is 0.852. The molecular weight excluding hydrogens is 274 g/mol. The van der Waals surface area contributed by atoms with Crippen LogP contribution >= 0.6 is 0 Å². The van der Waals surface area contributed by atoms with Gasteiger partial charge in [-0.15, -0.1) is 0 Å². The molecule has 0 spiro atoms. The van der Waals surface area contributed by atoms with E-state index in [0.29, 0.717) is 6.61 Å². The van der Waals surface area contributed by atoms with Crippen LogP contribution in [-0.4, -0.2) is 25.7 Å². The summed E-state index contributed by atoms with van der Waals surface area (Å²) in [5, 5.41) is 2.97. The van der Waals surface area contributed by atoms with Gasteiger partial charge in [0.25, 0.3) is 5.91 Å². The molecule has 0 saturated carbocycles. The first kappa shape index (κ1) is 16.2. The number of carbonyl (C=O) groups is 1. The molecule has 2 aromatic carbocycles. The van der Waals surface area contributed by atoms with Crippen molar-refractivity contribution < 1.29 is 9.53 Å². The average Bonchev–Trinajstić information content (AvgIpc) is 2.54. The lowest BCUT2D eigenvalue weighted by molar-refractivity contribution is 0.0904. The van der Waals surface area contributed by atoms with Gasteiger partial charge in [-0.1, -0.05) is 48.5 Å². The molecule has 1 amide bonds. The first-order valence-electron chi connectivity index (χ1n) is 7.62. The fraction of sp³-hybridized carbons (Fsp3) is 0.316. The minimum Gasteiger partial charge on any atom is -0.383 e. The normalized spacial score (nSPS) is 11.9. The Morgan fingerprint density at radius 1 is 1.05 bits per heavy atom. The third-order valence-electron chi connectivity index (χ3n) is 3.58. The standard InChI is InChI=1S/C19H23NO2/c1-15(14-22-2)20-19(21)18-11-7-6-10-17(18)13-12-16-8-4-3-5-9-16/h3-11,15H,12-14H2,1-2H3,(H,20,21). The number of nitrogens with one attached hydrogen (secondary N) is 1. The highest BCUT2D eigenvalue weighted by atomic mass is 16.5. The van der Waals surface area contributed by atoms with Gasteiger partial charge in [-0.3, -0.25) is 4.79 Å². The summed E-state index contributed by atoms with van der Waals surface area (Å²) < 4.78 is 5.06. The van der Waals surface area contributed by atoms with E-state index >= 15 is 0 Å². The molecule has 0 fully saturated rings. The Morgan fingerprint density at radius 2 is 1.73 bits per heavy atom. The molecule has 1 unspecified atom stereocenters. The molecule has 0 radical (unpaired) electrons. The zero-order chi connectivity index (χ0) is 15.8. The van der Waals surface area contributed by atoms with Gasteiger partial charge < -0.3 is 10.1 Å². The van der Waals surface area contributed by atoms with Crippen molar-refractivity contribution >= 4 is 5.91 Å². The monoisotopic (exact) mass is 297 g/mol. The van der Waals surface area contributed by atoms with Crippen LogP contribution in [0.1, 0.15) is 28.4 Å². The molecule has 22 heavy (non-hydrogen) atoms. The van der Waals surface area contributed by atoms with Gasteiger partial charge in [-0.25, -0.2) is 0 Å². The lowest BCUT2D eigenvalue weighted by Gasteiger charge is -2.15. The van der Waals surface area contributed by atoms with E-state index in [0.717, 1.165) is 24.0 Å². The molecule has 0 bridgehead atoms. The Kier molecular flexibility index (Phi) is 6.16. The van der Waals surface area contributed by atoms with Gasteiger partial charge in [-0.05, 0) is 37.0 Å². The zero-order valence-electron chi connectivity index (χ0n) is 13.2. The summed E-state index contributed by atoms with van der Waals surface area (Å²) in [5.74, 6) is -0.0341. The van der Waals surface area contributed by atoms with Crippen molar-refractivity contribution in [1.29, 1.82) is 0 Å². The highest BCUT2D eigenvalue weighted by Gasteiger charge is 2.13. The Bertz CT molecular complexity index is 595. The lowest BCUT2D eigenvalue weighted by Crippen LogP contribution is -2.36. The highest BCUT2D eigenvalue weighted by molar-refractivity contribution is 5.95. The molecule has 116 valence electrons. The minimum atomic E-state index is -0.0341. The number of methoxy groups -OCH3 is 1. The van der Waals surface area contributed by atoms with E-state index in [9.17, 15) is 4.79 Å². The van der Waals surface area contributed by atoms with Gasteiger partial charge in [0.15, 0.2) is 0 Å². The molecule has 3 heteroatoms. The van der Waals surface area contributed by atoms with Gasteiger partial charge in [0.2, 0.25) is 0 Å². The van der Waals surface area contributed by atoms with E-state index in [1.54, 1.807) is 7.11 Å². The second-order valence-corrected chi connectivity index (χ2v) is 5.47. The van der Waals surface area contributed by atoms with Crippen molar-refractivity contribution in [2.75, 3.05) is 13.7 Å². The number of hydrogen-bond acceptors (Lipinski definition) is 2. The number of benzene rings is 2. The Morgan fingerprint density at radius 3 is 2.45 bits per heavy atom. The number of hydrogen-bond donors (Lipinski definition) is 1. The molecule has 1 N–H and O–H groups in total. The zero-order valence-corrected chi connectivity index (χ0v) is 13.2. The Hall–Kier alpha value is -2.13. The second kappa shape index (κ2) is 8.35. The van der Waals surface area contributed by atoms with Crippen LogP contribution in [0.25, 0.3) is 0 Å². The maximum atomic E-state index is 12.4. The number of amides is 1. The summed E-state index contributed by atoms with van der Waals surface area (Å²) in [5.41, 5.74) is 3.11. The fourth-order valence-corrected chi connectivity index (χ4v) is 2.48. The summed E-state index contributed by atoms with van der Waals surface area (Å²) in [6, 6.07) is 18.1. The van der Waals surface area contributed by atoms with Crippen molar-refractivity contribution in [3.05, 3.63) is 71.3 Å². The fourth-order valence-electron chi connectivity index (χ4n) is 2.48. The molecule has 0 heterocycles. The summed E-state index contributed by atoms with van der Waals surface area (Å²) in [7, 11) is 1.64. The van der Waals surface area contributed by atoms with Crippen molar-refractivity contribution in [2.45, 2.75) is 25.8 Å². The maximum absolute atomic E-state index is 12.4. The lowest BCUT2D eigenvalue weighted by atomic mass is 9.99. The van der Waals surface area contributed by atoms with E-state index in [1.165, 1.54) is 5.56 Å². The Labute approximate surface area is 132 Å². The summed E-state index contributed by atoms with van der Waals surface area (Å²) in [4.78, 5) is 12.4. The van der Waals surface area contributed by atoms with E-state index in [2.05, 4.69) is 17.4 Å². The second-order valence-electron chi connectivity index (χ2n) is 5.47. The molecule has 2 rings (SSSR count). The van der Waals surface area contributed by atoms with Crippen LogP contribution in [0.15, 0.2) is 54.6 Å². The largest absolute Gasteiger partial charge is 0.383 e. The van der Waals surface area contributed by atoms with E-state index in [1.807, 2.05) is 49.4 Å². The van der Waals surface area contributed by atoms with Gasteiger partial charge in [0, 0.05) is 18.7 Å². The van der Waals surface area contributed by atoms with Crippen LogP contribution in [0.2, 0.25) is 0 Å². The van der Waals surface area contributed by atoms with Crippen molar-refractivity contribution in [1.82, 2.24) is 5.32 Å². The molecule has 0 saturated heterocycles. The summed E-state index contributed by atoms with van der Waals surface area (Å²) >= 11 is 0. The third-order valence-corrected chi connectivity index (χ3v) is 3.58. The van der Waals surface area contributed by atoms with Gasteiger partial charge in [-0.2, -0.15) is 0 Å². The van der Waals surface area contributed by atoms with Crippen LogP contribution in [0.3, 0.4) is 0 Å². The van der Waals surface area contributed by atoms with Crippen LogP contribution in [-0.2, 0) is 17.6 Å². The molecule has 3 nitrogen and oxygen atoms in total. The predicted molar refractivity (Wildman–Crippen MR) is 89.1 cm³/mol. The van der Waals surface area contributed by atoms with E-state index in [-0.39, 0.29) is 11.9 Å². The molecule has 0 aromatic heterocycles. The minimum absolute atomic E-state index is 0.000297. The summed E-state index contributed by atoms with van der Waals surface area (Å²) in [6.45, 7) is 2.45. The first-order valence-corrected chi connectivity index (χ1v) is 7.62. The molecule has 0 aliphatic rings. The first-order chi connectivity index (χ1) is 10.7. The molecule has 0 aliphatic heterocycles. The van der Waals surface area contributed by atoms with Crippen LogP contribution in [0.4, 0.5) is 0 Å². The van der Waals surface area contributed by atoms with Gasteiger partial charge >= 0.3 is 0 Å². The van der Waals surface area contributed by atoms with Crippen LogP contribution < -0.4 is 5.32 Å². The number of carbonyl (C=O) groups excluding carboxylic acids is 1. The predicted octanol–water partition coefficient (Wildman–Crippen LogP) is 3.24. The van der Waals surface area contributed by atoms with Gasteiger partial charge in [0.05, 0.1) is 6.61 Å².